The van der Waals surface area contributed by atoms with Crippen molar-refractivity contribution in [1.29, 1.82) is 0 Å². The zero-order chi connectivity index (χ0) is 14.5. The molecule has 0 amide bonds. The van der Waals surface area contributed by atoms with Crippen molar-refractivity contribution >= 4 is 38.9 Å². The van der Waals surface area contributed by atoms with E-state index in [1.54, 1.807) is 0 Å². The van der Waals surface area contributed by atoms with Crippen LogP contribution in [0, 0.1) is 6.92 Å². The normalized spacial score (nSPS) is 11.9. The van der Waals surface area contributed by atoms with Crippen LogP contribution in [0.4, 0.5) is 5.69 Å². The van der Waals surface area contributed by atoms with Crippen LogP contribution in [0.1, 0.15) is 23.4 Å². The van der Waals surface area contributed by atoms with E-state index in [1.165, 1.54) is 11.3 Å². The highest BCUT2D eigenvalue weighted by molar-refractivity contribution is 9.10. The lowest BCUT2D eigenvalue weighted by Crippen LogP contribution is -2.22. The van der Waals surface area contributed by atoms with Crippen molar-refractivity contribution in [2.24, 2.45) is 0 Å². The van der Waals surface area contributed by atoms with Crippen LogP contribution in [0.5, 0.6) is 0 Å². The first kappa shape index (κ1) is 15.1. The molecule has 1 atom stereocenters. The van der Waals surface area contributed by atoms with Crippen LogP contribution in [-0.2, 0) is 9.53 Å². The number of esters is 1. The second-order valence-electron chi connectivity index (χ2n) is 4.31. The number of aryl methyl sites for hydroxylation is 1. The fraction of sp³-hybridized carbons (Fsp3) is 0.267. The van der Waals surface area contributed by atoms with Gasteiger partial charge in [0.2, 0.25) is 0 Å². The zero-order valence-corrected chi connectivity index (χ0v) is 13.8. The van der Waals surface area contributed by atoms with Crippen LogP contribution < -0.4 is 5.32 Å². The number of benzene rings is 1. The van der Waals surface area contributed by atoms with Gasteiger partial charge in [0.05, 0.1) is 6.61 Å². The first-order chi connectivity index (χ1) is 9.61. The number of rotatable bonds is 5. The van der Waals surface area contributed by atoms with Gasteiger partial charge < -0.3 is 10.1 Å². The Morgan fingerprint density at radius 2 is 2.20 bits per heavy atom. The van der Waals surface area contributed by atoms with Crippen molar-refractivity contribution in [3.05, 3.63) is 50.6 Å². The van der Waals surface area contributed by atoms with Crippen molar-refractivity contribution in [2.75, 3.05) is 11.9 Å². The fourth-order valence-corrected chi connectivity index (χ4v) is 3.32. The van der Waals surface area contributed by atoms with E-state index < -0.39 is 6.04 Å². The molecule has 0 fully saturated rings. The van der Waals surface area contributed by atoms with E-state index in [-0.39, 0.29) is 5.97 Å². The number of ether oxygens (including phenoxy) is 1. The molecule has 5 heteroatoms. The van der Waals surface area contributed by atoms with Crippen molar-refractivity contribution in [2.45, 2.75) is 19.9 Å². The molecule has 0 spiro atoms. The molecular weight excluding hydrogens is 338 g/mol. The molecule has 0 bridgehead atoms. The quantitative estimate of drug-likeness (QED) is 0.802. The molecule has 1 aromatic heterocycles. The third-order valence-electron chi connectivity index (χ3n) is 2.84. The predicted molar refractivity (Wildman–Crippen MR) is 86.2 cm³/mol. The molecule has 0 saturated heterocycles. The smallest absolute Gasteiger partial charge is 0.334 e. The highest BCUT2D eigenvalue weighted by Gasteiger charge is 2.24. The van der Waals surface area contributed by atoms with Gasteiger partial charge in [0.1, 0.15) is 0 Å². The van der Waals surface area contributed by atoms with Gasteiger partial charge >= 0.3 is 5.97 Å². The molecular formula is C15H16BrNO2S. The highest BCUT2D eigenvalue weighted by Crippen LogP contribution is 2.30. The van der Waals surface area contributed by atoms with Crippen molar-refractivity contribution in [1.82, 2.24) is 0 Å². The van der Waals surface area contributed by atoms with Crippen LogP contribution in [0.2, 0.25) is 0 Å². The van der Waals surface area contributed by atoms with Gasteiger partial charge in [-0.15, -0.1) is 11.3 Å². The van der Waals surface area contributed by atoms with E-state index in [2.05, 4.69) is 21.2 Å². The molecule has 106 valence electrons. The fourth-order valence-electron chi connectivity index (χ4n) is 1.84. The second kappa shape index (κ2) is 6.90. The Kier molecular flexibility index (Phi) is 5.20. The molecule has 1 N–H and O–H groups in total. The van der Waals surface area contributed by atoms with Crippen molar-refractivity contribution in [3.63, 3.8) is 0 Å². The summed E-state index contributed by atoms with van der Waals surface area (Å²) in [5.41, 5.74) is 2.03. The molecule has 0 radical (unpaired) electrons. The van der Waals surface area contributed by atoms with E-state index in [0.717, 1.165) is 20.6 Å². The summed E-state index contributed by atoms with van der Waals surface area (Å²) in [4.78, 5) is 13.1. The Bertz CT molecular complexity index is 597. The minimum atomic E-state index is -0.479. The largest absolute Gasteiger partial charge is 0.464 e. The second-order valence-corrected chi connectivity index (χ2v) is 6.17. The Morgan fingerprint density at radius 3 is 2.80 bits per heavy atom. The van der Waals surface area contributed by atoms with Crippen LogP contribution in [-0.4, -0.2) is 12.6 Å². The average Bonchev–Trinajstić information content (AvgIpc) is 2.84. The molecule has 1 heterocycles. The maximum atomic E-state index is 12.2. The minimum Gasteiger partial charge on any atom is -0.464 e. The molecule has 0 aliphatic rings. The van der Waals surface area contributed by atoms with Crippen molar-refractivity contribution < 1.29 is 9.53 Å². The lowest BCUT2D eigenvalue weighted by molar-refractivity contribution is -0.144. The molecule has 20 heavy (non-hydrogen) atoms. The number of carbonyl (C=O) groups is 1. The van der Waals surface area contributed by atoms with Gasteiger partial charge in [-0.3, -0.25) is 0 Å². The van der Waals surface area contributed by atoms with Gasteiger partial charge in [0.15, 0.2) is 6.04 Å². The molecule has 0 aliphatic carbocycles. The van der Waals surface area contributed by atoms with E-state index in [4.69, 9.17) is 4.74 Å². The van der Waals surface area contributed by atoms with Crippen LogP contribution >= 0.6 is 27.3 Å². The highest BCUT2D eigenvalue weighted by atomic mass is 79.9. The Hall–Kier alpha value is -1.33. The summed E-state index contributed by atoms with van der Waals surface area (Å²) in [6.45, 7) is 4.19. The number of nitrogens with one attached hydrogen (secondary N) is 1. The molecule has 1 aromatic carbocycles. The molecule has 3 nitrogen and oxygen atoms in total. The van der Waals surface area contributed by atoms with Crippen LogP contribution in [0.15, 0.2) is 40.2 Å². The Labute approximate surface area is 131 Å². The SMILES string of the molecule is CCOC(=O)C(Nc1ccccc1C)c1cc(Br)cs1. The summed E-state index contributed by atoms with van der Waals surface area (Å²) in [5, 5.41) is 5.24. The summed E-state index contributed by atoms with van der Waals surface area (Å²) >= 11 is 4.95. The maximum Gasteiger partial charge on any atom is 0.334 e. The summed E-state index contributed by atoms with van der Waals surface area (Å²) in [7, 11) is 0. The van der Waals surface area contributed by atoms with E-state index in [1.807, 2.05) is 49.6 Å². The standard InChI is InChI=1S/C15H16BrNO2S/c1-3-19-15(18)14(13-8-11(16)9-20-13)17-12-7-5-4-6-10(12)2/h4-9,14,17H,3H2,1-2H3. The monoisotopic (exact) mass is 353 g/mol. The first-order valence-electron chi connectivity index (χ1n) is 6.34. The van der Waals surface area contributed by atoms with E-state index in [9.17, 15) is 4.79 Å². The number of halogens is 1. The maximum absolute atomic E-state index is 12.2. The number of para-hydroxylation sites is 1. The third kappa shape index (κ3) is 3.61. The average molecular weight is 354 g/mol. The summed E-state index contributed by atoms with van der Waals surface area (Å²) < 4.78 is 6.14. The van der Waals surface area contributed by atoms with Crippen molar-refractivity contribution in [3.8, 4) is 0 Å². The number of hydrogen-bond acceptors (Lipinski definition) is 4. The van der Waals surface area contributed by atoms with Gasteiger partial charge in [0.25, 0.3) is 0 Å². The molecule has 0 aliphatic heterocycles. The predicted octanol–water partition coefficient (Wildman–Crippen LogP) is 4.54. The summed E-state index contributed by atoms with van der Waals surface area (Å²) in [6, 6.07) is 9.35. The summed E-state index contributed by atoms with van der Waals surface area (Å²) in [5.74, 6) is -0.259. The molecule has 1 unspecified atom stereocenters. The van der Waals surface area contributed by atoms with Gasteiger partial charge in [-0.1, -0.05) is 18.2 Å². The van der Waals surface area contributed by atoms with Gasteiger partial charge in [-0.2, -0.15) is 0 Å². The molecule has 2 rings (SSSR count). The van der Waals surface area contributed by atoms with Gasteiger partial charge in [-0.05, 0) is 47.5 Å². The van der Waals surface area contributed by atoms with Crippen LogP contribution in [0.3, 0.4) is 0 Å². The lowest BCUT2D eigenvalue weighted by Gasteiger charge is -2.18. The van der Waals surface area contributed by atoms with Crippen LogP contribution in [0.25, 0.3) is 0 Å². The zero-order valence-electron chi connectivity index (χ0n) is 11.4. The molecule has 2 aromatic rings. The first-order valence-corrected chi connectivity index (χ1v) is 8.01. The summed E-state index contributed by atoms with van der Waals surface area (Å²) in [6.07, 6.45) is 0. The Balaban J connectivity index is 2.27. The number of hydrogen-bond donors (Lipinski definition) is 1. The molecule has 0 saturated carbocycles. The number of anilines is 1. The number of thiophene rings is 1. The van der Waals surface area contributed by atoms with Gasteiger partial charge in [-0.25, -0.2) is 4.79 Å². The minimum absolute atomic E-state index is 0.259. The van der Waals surface area contributed by atoms with E-state index in [0.29, 0.717) is 6.61 Å². The Morgan fingerprint density at radius 1 is 1.45 bits per heavy atom. The number of carbonyl (C=O) groups excluding carboxylic acids is 1. The lowest BCUT2D eigenvalue weighted by atomic mass is 10.1. The topological polar surface area (TPSA) is 38.3 Å². The van der Waals surface area contributed by atoms with Gasteiger partial charge in [0, 0.05) is 20.4 Å². The van der Waals surface area contributed by atoms with E-state index >= 15 is 0 Å². The third-order valence-corrected chi connectivity index (χ3v) is 4.60.